The monoisotopic (exact) mass is 657 g/mol. The van der Waals surface area contributed by atoms with E-state index in [1.807, 2.05) is 97.9 Å². The molecule has 0 N–H and O–H groups in total. The predicted molar refractivity (Wildman–Crippen MR) is 169 cm³/mol. The van der Waals surface area contributed by atoms with Gasteiger partial charge in [0.2, 0.25) is 0 Å². The molecule has 6 aromatic heterocycles. The van der Waals surface area contributed by atoms with E-state index in [1.165, 1.54) is 13.3 Å². The Morgan fingerprint density at radius 3 is 1.23 bits per heavy atom. The predicted octanol–water partition coefficient (Wildman–Crippen LogP) is 6.93. The number of hydrogen-bond acceptors (Lipinski definition) is 7. The van der Waals surface area contributed by atoms with E-state index in [-0.39, 0.29) is 26.9 Å². The van der Waals surface area contributed by atoms with Gasteiger partial charge < -0.3 is 5.21 Å². The van der Waals surface area contributed by atoms with Gasteiger partial charge in [0.05, 0.1) is 34.2 Å². The van der Waals surface area contributed by atoms with Crippen LogP contribution in [0.2, 0.25) is 0 Å². The summed E-state index contributed by atoms with van der Waals surface area (Å²) in [5, 5.41) is 10.9. The summed E-state index contributed by atoms with van der Waals surface area (Å²) in [4.78, 5) is 25.3. The van der Waals surface area contributed by atoms with Gasteiger partial charge in [-0.3, -0.25) is 29.9 Å². The summed E-state index contributed by atoms with van der Waals surface area (Å²) in [6, 6.07) is 30.7. The summed E-state index contributed by atoms with van der Waals surface area (Å²) in [7, 11) is 1.45. The number of nitrogens with zero attached hydrogens (tertiary/aromatic N) is 7. The third-order valence-electron chi connectivity index (χ3n) is 5.48. The Hall–Kier alpha value is -5.01. The molecule has 218 valence electrons. The van der Waals surface area contributed by atoms with E-state index in [2.05, 4.69) is 29.9 Å². The van der Waals surface area contributed by atoms with Crippen LogP contribution in [0.5, 0.6) is 0 Å². The molecule has 0 spiro atoms. The summed E-state index contributed by atoms with van der Waals surface area (Å²) < 4.78 is 0.767. The average Bonchev–Trinajstić information content (AvgIpc) is 3.03. The molecule has 6 aromatic rings. The number of hydrogen-bond donors (Lipinski definition) is 0. The van der Waals surface area contributed by atoms with Crippen molar-refractivity contribution in [1.82, 2.24) is 29.9 Å². The molecule has 0 bridgehead atoms. The van der Waals surface area contributed by atoms with Crippen LogP contribution in [0, 0.1) is 12.1 Å². The fourth-order valence-electron chi connectivity index (χ4n) is 3.61. The molecule has 6 rings (SSSR count). The Bertz CT molecular complexity index is 1500. The van der Waals surface area contributed by atoms with Crippen molar-refractivity contribution in [1.29, 1.82) is 0 Å². The van der Waals surface area contributed by atoms with Crippen LogP contribution in [-0.4, -0.2) is 47.9 Å². The van der Waals surface area contributed by atoms with Crippen molar-refractivity contribution in [3.8, 4) is 34.2 Å². The first-order chi connectivity index (χ1) is 20.1. The van der Waals surface area contributed by atoms with Gasteiger partial charge in [-0.25, -0.2) is 4.74 Å². The Morgan fingerprint density at radius 2 is 0.884 bits per heavy atom. The molecule has 0 radical (unpaired) electrons. The third-order valence-corrected chi connectivity index (χ3v) is 5.48. The largest absolute Gasteiger partial charge is 0.624 e. The summed E-state index contributed by atoms with van der Waals surface area (Å²) in [6.07, 6.45) is 12.0. The van der Waals surface area contributed by atoms with Crippen LogP contribution in [-0.2, 0) is 19.5 Å². The second kappa shape index (κ2) is 18.4. The molecule has 0 fully saturated rings. The number of aryl methyl sites for hydroxylation is 1. The van der Waals surface area contributed by atoms with Gasteiger partial charge >= 0.3 is 0 Å². The molecule has 6 heterocycles. The first-order valence-corrected chi connectivity index (χ1v) is 12.9. The number of pyridine rings is 6. The molecule has 0 unspecified atom stereocenters. The SMILES string of the molecule is C.Cc1ccnc(-c2cc(/C=[N+](/C)[O-])ccn2)c1.[Ru].c1ccc(-c2ccccn2)nc1.c1ccc(-c2ccccn2)nc1. The zero-order chi connectivity index (χ0) is 28.7. The van der Waals surface area contributed by atoms with Gasteiger partial charge in [-0.15, -0.1) is 0 Å². The van der Waals surface area contributed by atoms with E-state index in [4.69, 9.17) is 0 Å². The smallest absolute Gasteiger partial charge is 0.181 e. The fraction of sp³-hybridized carbons (Fsp3) is 0.0882. The van der Waals surface area contributed by atoms with E-state index >= 15 is 0 Å². The Balaban J connectivity index is 0.000000225. The van der Waals surface area contributed by atoms with Crippen LogP contribution in [0.25, 0.3) is 34.2 Å². The normalized spacial score (nSPS) is 9.95. The molecule has 0 aliphatic heterocycles. The first kappa shape index (κ1) is 34.2. The number of rotatable bonds is 4. The van der Waals surface area contributed by atoms with Crippen LogP contribution in [0.4, 0.5) is 0 Å². The van der Waals surface area contributed by atoms with Crippen molar-refractivity contribution in [2.24, 2.45) is 0 Å². The quantitative estimate of drug-likeness (QED) is 0.0667. The summed E-state index contributed by atoms with van der Waals surface area (Å²) >= 11 is 0. The van der Waals surface area contributed by atoms with Gasteiger partial charge in [0.1, 0.15) is 7.05 Å². The number of aromatic nitrogens is 6. The van der Waals surface area contributed by atoms with Gasteiger partial charge in [0, 0.05) is 62.2 Å². The zero-order valence-corrected chi connectivity index (χ0v) is 24.9. The Morgan fingerprint density at radius 1 is 0.512 bits per heavy atom. The van der Waals surface area contributed by atoms with E-state index < -0.39 is 0 Å². The second-order valence-corrected chi connectivity index (χ2v) is 8.73. The summed E-state index contributed by atoms with van der Waals surface area (Å²) in [5.41, 5.74) is 7.19. The van der Waals surface area contributed by atoms with Gasteiger partial charge in [-0.1, -0.05) is 31.7 Å². The molecule has 0 aliphatic carbocycles. The number of hydroxylamine groups is 1. The van der Waals surface area contributed by atoms with Crippen molar-refractivity contribution in [2.45, 2.75) is 14.4 Å². The average molecular weight is 657 g/mol. The van der Waals surface area contributed by atoms with E-state index in [0.717, 1.165) is 50.0 Å². The minimum absolute atomic E-state index is 0. The molecule has 43 heavy (non-hydrogen) atoms. The second-order valence-electron chi connectivity index (χ2n) is 8.73. The molecule has 0 amide bonds. The van der Waals surface area contributed by atoms with Gasteiger partial charge in [-0.05, 0) is 85.3 Å². The molecule has 0 aliphatic rings. The molecule has 0 aromatic carbocycles. The van der Waals surface area contributed by atoms with Gasteiger partial charge in [0.15, 0.2) is 6.21 Å². The van der Waals surface area contributed by atoms with Crippen LogP contribution in [0.15, 0.2) is 134 Å². The van der Waals surface area contributed by atoms with E-state index in [9.17, 15) is 5.21 Å². The van der Waals surface area contributed by atoms with Gasteiger partial charge in [-0.2, -0.15) is 0 Å². The van der Waals surface area contributed by atoms with Crippen molar-refractivity contribution in [3.63, 3.8) is 0 Å². The maximum Gasteiger partial charge on any atom is 0.181 e. The van der Waals surface area contributed by atoms with Crippen LogP contribution in [0.3, 0.4) is 0 Å². The molecule has 0 atom stereocenters. The standard InChI is InChI=1S/C13H13N3O.2C10H8N2.CH4.Ru/c1-10-3-5-14-12(7-10)13-8-11(4-6-15-13)9-16(2)17;2*1-3-7-11-9(5-1)10-6-2-4-8-12-10;;/h3-9H,1-2H3;2*1-8H;1H4;/b16-9-;;;;. The maximum absolute atomic E-state index is 10.9. The molecule has 0 saturated carbocycles. The minimum Gasteiger partial charge on any atom is -0.624 e. The summed E-state index contributed by atoms with van der Waals surface area (Å²) in [6.45, 7) is 2.01. The first-order valence-electron chi connectivity index (χ1n) is 12.9. The van der Waals surface area contributed by atoms with E-state index in [0.29, 0.717) is 0 Å². The third kappa shape index (κ3) is 11.4. The van der Waals surface area contributed by atoms with Crippen LogP contribution < -0.4 is 0 Å². The van der Waals surface area contributed by atoms with Crippen molar-refractivity contribution in [3.05, 3.63) is 151 Å². The van der Waals surface area contributed by atoms with Crippen molar-refractivity contribution in [2.75, 3.05) is 7.05 Å². The molecular formula is C34H33N7ORu. The topological polar surface area (TPSA) is 103 Å². The van der Waals surface area contributed by atoms with Crippen molar-refractivity contribution < 1.29 is 24.2 Å². The Labute approximate surface area is 265 Å². The molecule has 9 heteroatoms. The molecule has 8 nitrogen and oxygen atoms in total. The van der Waals surface area contributed by atoms with Gasteiger partial charge in [0.25, 0.3) is 0 Å². The molecular weight excluding hydrogens is 623 g/mol. The molecule has 0 saturated heterocycles. The van der Waals surface area contributed by atoms with Crippen LogP contribution >= 0.6 is 0 Å². The fourth-order valence-corrected chi connectivity index (χ4v) is 3.61. The Kier molecular flexibility index (Phi) is 14.7. The maximum atomic E-state index is 10.9. The summed E-state index contributed by atoms with van der Waals surface area (Å²) in [5.74, 6) is 0. The zero-order valence-electron chi connectivity index (χ0n) is 23.2. The van der Waals surface area contributed by atoms with Crippen LogP contribution in [0.1, 0.15) is 18.6 Å². The minimum atomic E-state index is 0. The van der Waals surface area contributed by atoms with E-state index in [1.54, 1.807) is 43.2 Å². The van der Waals surface area contributed by atoms with Crippen molar-refractivity contribution >= 4 is 6.21 Å².